The molecule has 60 heavy (non-hydrogen) atoms. The first-order valence-electron chi connectivity index (χ1n) is 26.9. The second-order valence-electron chi connectivity index (χ2n) is 18.6. The number of rotatable bonds is 50. The van der Waals surface area contributed by atoms with E-state index in [0.717, 1.165) is 44.9 Å². The Morgan fingerprint density at radius 1 is 0.450 bits per heavy atom. The van der Waals surface area contributed by atoms with Gasteiger partial charge in [-0.1, -0.05) is 251 Å². The van der Waals surface area contributed by atoms with Crippen molar-refractivity contribution < 1.29 is 24.5 Å². The molecular weight excluding hydrogens is 743 g/mol. The maximum atomic E-state index is 12.4. The Morgan fingerprint density at radius 2 is 0.800 bits per heavy atom. The number of esters is 1. The molecule has 1 amide bonds. The van der Waals surface area contributed by atoms with Gasteiger partial charge in [0.25, 0.3) is 0 Å². The minimum Gasteiger partial charge on any atom is -0.466 e. The van der Waals surface area contributed by atoms with Crippen molar-refractivity contribution in [2.45, 2.75) is 309 Å². The lowest BCUT2D eigenvalue weighted by atomic mass is 10.0. The van der Waals surface area contributed by atoms with Crippen molar-refractivity contribution >= 4 is 11.9 Å². The van der Waals surface area contributed by atoms with E-state index < -0.39 is 12.1 Å². The quantitative estimate of drug-likeness (QED) is 0.0322. The van der Waals surface area contributed by atoms with Crippen molar-refractivity contribution in [3.63, 3.8) is 0 Å². The van der Waals surface area contributed by atoms with Crippen LogP contribution in [0.4, 0.5) is 0 Å². The molecule has 0 heterocycles. The van der Waals surface area contributed by atoms with Gasteiger partial charge in [0.15, 0.2) is 0 Å². The number of nitrogens with one attached hydrogen (secondary N) is 1. The molecular formula is C54H105NO5. The van der Waals surface area contributed by atoms with Crippen LogP contribution in [0.1, 0.15) is 296 Å². The molecule has 0 aromatic heterocycles. The maximum absolute atomic E-state index is 12.4. The molecule has 0 saturated heterocycles. The van der Waals surface area contributed by atoms with E-state index in [-0.39, 0.29) is 18.5 Å². The molecule has 2 atom stereocenters. The van der Waals surface area contributed by atoms with Crippen molar-refractivity contribution in [3.8, 4) is 0 Å². The van der Waals surface area contributed by atoms with Crippen molar-refractivity contribution in [3.05, 3.63) is 12.2 Å². The molecule has 0 radical (unpaired) electrons. The van der Waals surface area contributed by atoms with Gasteiger partial charge in [-0.05, 0) is 44.9 Å². The number of allylic oxidation sites excluding steroid dienone is 2. The Kier molecular flexibility index (Phi) is 49.1. The van der Waals surface area contributed by atoms with Gasteiger partial charge in [0.2, 0.25) is 5.91 Å². The predicted molar refractivity (Wildman–Crippen MR) is 260 cm³/mol. The van der Waals surface area contributed by atoms with Crippen molar-refractivity contribution in [1.29, 1.82) is 0 Å². The highest BCUT2D eigenvalue weighted by Crippen LogP contribution is 2.17. The number of aliphatic hydroxyl groups is 2. The summed E-state index contributed by atoms with van der Waals surface area (Å²) in [4.78, 5) is 24.4. The minimum absolute atomic E-state index is 0.00188. The largest absolute Gasteiger partial charge is 0.466 e. The first-order valence-corrected chi connectivity index (χ1v) is 26.9. The van der Waals surface area contributed by atoms with Gasteiger partial charge in [-0.3, -0.25) is 9.59 Å². The molecule has 6 heteroatoms. The molecule has 0 fully saturated rings. The Hall–Kier alpha value is -1.40. The molecule has 356 valence electrons. The standard InChI is InChI=1S/C54H105NO5/c1-3-5-7-9-11-13-15-23-27-30-34-38-42-46-52(57)51(50-56)55-53(58)47-43-39-35-31-28-24-21-19-17-16-18-20-22-25-29-33-37-41-45-49-60-54(59)48-44-40-36-32-26-14-12-10-8-6-4-2/h10,12,51-52,56-57H,3-9,11,13-50H2,1-2H3,(H,55,58)/b12-10-. The number of carbonyl (C=O) groups excluding carboxylic acids is 2. The molecule has 0 aliphatic carbocycles. The number of aliphatic hydroxyl groups excluding tert-OH is 2. The van der Waals surface area contributed by atoms with Crippen LogP contribution in [0.15, 0.2) is 12.2 Å². The van der Waals surface area contributed by atoms with Crippen LogP contribution in [0.2, 0.25) is 0 Å². The normalized spacial score (nSPS) is 12.7. The van der Waals surface area contributed by atoms with Crippen LogP contribution in [-0.2, 0) is 14.3 Å². The third-order valence-corrected chi connectivity index (χ3v) is 12.6. The van der Waals surface area contributed by atoms with E-state index in [1.807, 2.05) is 0 Å². The van der Waals surface area contributed by atoms with Gasteiger partial charge in [0.1, 0.15) is 0 Å². The average molecular weight is 848 g/mol. The smallest absolute Gasteiger partial charge is 0.305 e. The first-order chi connectivity index (χ1) is 29.5. The van der Waals surface area contributed by atoms with E-state index in [4.69, 9.17) is 4.74 Å². The number of hydrogen-bond acceptors (Lipinski definition) is 5. The SMILES string of the molecule is CCCC/C=C\CCCCCCCC(=O)OCCCCCCCCCCCCCCCCCCCCCC(=O)NC(CO)C(O)CCCCCCCCCCCCCCC. The fraction of sp³-hybridized carbons (Fsp3) is 0.926. The minimum atomic E-state index is -0.664. The van der Waals surface area contributed by atoms with Crippen LogP contribution < -0.4 is 5.32 Å². The second kappa shape index (κ2) is 50.2. The van der Waals surface area contributed by atoms with Gasteiger partial charge in [-0.2, -0.15) is 0 Å². The van der Waals surface area contributed by atoms with Crippen molar-refractivity contribution in [2.24, 2.45) is 0 Å². The van der Waals surface area contributed by atoms with Gasteiger partial charge in [-0.25, -0.2) is 0 Å². The first kappa shape index (κ1) is 58.6. The van der Waals surface area contributed by atoms with Crippen LogP contribution >= 0.6 is 0 Å². The zero-order valence-electron chi connectivity index (χ0n) is 40.5. The van der Waals surface area contributed by atoms with E-state index in [2.05, 4.69) is 31.3 Å². The highest BCUT2D eigenvalue weighted by molar-refractivity contribution is 5.76. The van der Waals surface area contributed by atoms with Crippen LogP contribution in [0, 0.1) is 0 Å². The molecule has 2 unspecified atom stereocenters. The van der Waals surface area contributed by atoms with Gasteiger partial charge in [0.05, 0.1) is 25.4 Å². The summed E-state index contributed by atoms with van der Waals surface area (Å²) in [5, 5.41) is 23.2. The summed E-state index contributed by atoms with van der Waals surface area (Å²) in [5.41, 5.74) is 0. The fourth-order valence-corrected chi connectivity index (χ4v) is 8.39. The number of hydrogen-bond donors (Lipinski definition) is 3. The van der Waals surface area contributed by atoms with E-state index in [1.165, 1.54) is 218 Å². The molecule has 6 nitrogen and oxygen atoms in total. The van der Waals surface area contributed by atoms with Crippen molar-refractivity contribution in [2.75, 3.05) is 13.2 Å². The number of carbonyl (C=O) groups is 2. The topological polar surface area (TPSA) is 95.9 Å². The zero-order chi connectivity index (χ0) is 43.7. The fourth-order valence-electron chi connectivity index (χ4n) is 8.39. The molecule has 0 saturated carbocycles. The Bertz CT molecular complexity index is 893. The summed E-state index contributed by atoms with van der Waals surface area (Å²) in [6, 6.07) is -0.542. The maximum Gasteiger partial charge on any atom is 0.305 e. The molecule has 0 aromatic rings. The lowest BCUT2D eigenvalue weighted by molar-refractivity contribution is -0.143. The summed E-state index contributed by atoms with van der Waals surface area (Å²) < 4.78 is 5.45. The van der Waals surface area contributed by atoms with Crippen LogP contribution in [0.3, 0.4) is 0 Å². The van der Waals surface area contributed by atoms with Crippen LogP contribution in [0.25, 0.3) is 0 Å². The highest BCUT2D eigenvalue weighted by Gasteiger charge is 2.20. The second-order valence-corrected chi connectivity index (χ2v) is 18.6. The van der Waals surface area contributed by atoms with E-state index in [9.17, 15) is 19.8 Å². The third-order valence-electron chi connectivity index (χ3n) is 12.6. The molecule has 0 aliphatic rings. The summed E-state index contributed by atoms with van der Waals surface area (Å²) in [6.07, 6.45) is 57.6. The lowest BCUT2D eigenvalue weighted by Crippen LogP contribution is -2.45. The van der Waals surface area contributed by atoms with Gasteiger partial charge < -0.3 is 20.3 Å². The highest BCUT2D eigenvalue weighted by atomic mass is 16.5. The monoisotopic (exact) mass is 848 g/mol. The molecule has 0 bridgehead atoms. The van der Waals surface area contributed by atoms with Crippen molar-refractivity contribution in [1.82, 2.24) is 5.32 Å². The van der Waals surface area contributed by atoms with Crippen LogP contribution in [-0.4, -0.2) is 47.4 Å². The van der Waals surface area contributed by atoms with Gasteiger partial charge in [0, 0.05) is 12.8 Å². The van der Waals surface area contributed by atoms with Gasteiger partial charge in [-0.15, -0.1) is 0 Å². The molecule has 0 aliphatic heterocycles. The van der Waals surface area contributed by atoms with E-state index >= 15 is 0 Å². The van der Waals surface area contributed by atoms with Crippen LogP contribution in [0.5, 0.6) is 0 Å². The zero-order valence-corrected chi connectivity index (χ0v) is 40.5. The number of amides is 1. The summed E-state index contributed by atoms with van der Waals surface area (Å²) in [5.74, 6) is -0.0392. The average Bonchev–Trinajstić information content (AvgIpc) is 3.25. The molecule has 0 spiro atoms. The number of unbranched alkanes of at least 4 members (excludes halogenated alkanes) is 37. The predicted octanol–water partition coefficient (Wildman–Crippen LogP) is 16.1. The summed E-state index contributed by atoms with van der Waals surface area (Å²) in [6.45, 7) is 4.91. The molecule has 3 N–H and O–H groups in total. The van der Waals surface area contributed by atoms with Gasteiger partial charge >= 0.3 is 5.97 Å². The Labute approximate surface area is 374 Å². The molecule has 0 rings (SSSR count). The summed E-state index contributed by atoms with van der Waals surface area (Å²) in [7, 11) is 0. The van der Waals surface area contributed by atoms with E-state index in [1.54, 1.807) is 0 Å². The van der Waals surface area contributed by atoms with E-state index in [0.29, 0.717) is 25.9 Å². The summed E-state index contributed by atoms with van der Waals surface area (Å²) >= 11 is 0. The number of ether oxygens (including phenoxy) is 1. The Balaban J connectivity index is 3.40. The Morgan fingerprint density at radius 3 is 1.23 bits per heavy atom. The lowest BCUT2D eigenvalue weighted by Gasteiger charge is -2.22. The third kappa shape index (κ3) is 46.1. The molecule has 0 aromatic carbocycles.